The predicted octanol–water partition coefficient (Wildman–Crippen LogP) is 4.18. The van der Waals surface area contributed by atoms with Crippen LogP contribution >= 0.6 is 11.6 Å². The van der Waals surface area contributed by atoms with Crippen molar-refractivity contribution < 1.29 is 9.18 Å². The number of Topliss-reactive ketones (excluding diaryl/α,β-unsaturated/α-hetero) is 1. The van der Waals surface area contributed by atoms with Crippen LogP contribution in [0.5, 0.6) is 0 Å². The summed E-state index contributed by atoms with van der Waals surface area (Å²) in [4.78, 5) is 14.0. The third-order valence-corrected chi connectivity index (χ3v) is 3.66. The molecule has 21 heavy (non-hydrogen) atoms. The predicted molar refractivity (Wildman–Crippen MR) is 83.1 cm³/mol. The minimum Gasteiger partial charge on any atom is -0.302 e. The van der Waals surface area contributed by atoms with Crippen molar-refractivity contribution in [3.8, 4) is 0 Å². The molecule has 0 fully saturated rings. The molecule has 2 nitrogen and oxygen atoms in total. The van der Waals surface area contributed by atoms with E-state index in [9.17, 15) is 9.18 Å². The van der Waals surface area contributed by atoms with E-state index in [4.69, 9.17) is 11.6 Å². The monoisotopic (exact) mass is 305 g/mol. The molecule has 0 aliphatic heterocycles. The molecule has 0 heterocycles. The zero-order valence-electron chi connectivity index (χ0n) is 11.9. The van der Waals surface area contributed by atoms with E-state index in [1.54, 1.807) is 12.1 Å². The molecule has 0 radical (unpaired) electrons. The molecule has 0 spiro atoms. The second-order valence-corrected chi connectivity index (χ2v) is 5.39. The molecule has 2 aromatic carbocycles. The molecular weight excluding hydrogens is 289 g/mol. The molecule has 0 unspecified atom stereocenters. The molecule has 0 amide bonds. The number of carbonyl (C=O) groups is 1. The summed E-state index contributed by atoms with van der Waals surface area (Å²) in [5.74, 6) is -0.643. The molecule has 0 saturated heterocycles. The fourth-order valence-corrected chi connectivity index (χ4v) is 2.31. The van der Waals surface area contributed by atoms with Gasteiger partial charge in [0, 0.05) is 24.5 Å². The van der Waals surface area contributed by atoms with Crippen molar-refractivity contribution in [2.45, 2.75) is 13.0 Å². The first-order valence-corrected chi connectivity index (χ1v) is 7.15. The van der Waals surface area contributed by atoms with Gasteiger partial charge in [-0.2, -0.15) is 0 Å². The Kier molecular flexibility index (Phi) is 5.48. The molecule has 2 rings (SSSR count). The van der Waals surface area contributed by atoms with Gasteiger partial charge in [0.25, 0.3) is 0 Å². The fraction of sp³-hybridized carbons (Fsp3) is 0.235. The van der Waals surface area contributed by atoms with Gasteiger partial charge >= 0.3 is 0 Å². The smallest absolute Gasteiger partial charge is 0.167 e. The lowest BCUT2D eigenvalue weighted by atomic mass is 10.1. The van der Waals surface area contributed by atoms with Crippen molar-refractivity contribution in [3.63, 3.8) is 0 Å². The van der Waals surface area contributed by atoms with E-state index in [1.165, 1.54) is 12.1 Å². The molecule has 0 N–H and O–H groups in total. The van der Waals surface area contributed by atoms with Gasteiger partial charge in [-0.05, 0) is 30.8 Å². The van der Waals surface area contributed by atoms with Crippen molar-refractivity contribution in [1.29, 1.82) is 0 Å². The SMILES string of the molecule is CN(CCC(=O)c1ccccc1F)Cc1ccccc1Cl. The zero-order chi connectivity index (χ0) is 15.2. The molecule has 0 aliphatic carbocycles. The highest BCUT2D eigenvalue weighted by Gasteiger charge is 2.12. The lowest BCUT2D eigenvalue weighted by Crippen LogP contribution is -2.22. The number of nitrogens with zero attached hydrogens (tertiary/aromatic N) is 1. The molecule has 0 aromatic heterocycles. The van der Waals surface area contributed by atoms with Gasteiger partial charge in [-0.25, -0.2) is 4.39 Å². The first-order chi connectivity index (χ1) is 10.1. The van der Waals surface area contributed by atoms with Crippen LogP contribution in [0.2, 0.25) is 5.02 Å². The van der Waals surface area contributed by atoms with Gasteiger partial charge < -0.3 is 4.90 Å². The number of ketones is 1. The summed E-state index contributed by atoms with van der Waals surface area (Å²) in [6.45, 7) is 1.21. The summed E-state index contributed by atoms with van der Waals surface area (Å²) in [6, 6.07) is 13.7. The third-order valence-electron chi connectivity index (χ3n) is 3.29. The first-order valence-electron chi connectivity index (χ1n) is 6.77. The first kappa shape index (κ1) is 15.7. The maximum Gasteiger partial charge on any atom is 0.167 e. The molecule has 0 atom stereocenters. The van der Waals surface area contributed by atoms with E-state index in [0.717, 1.165) is 5.56 Å². The topological polar surface area (TPSA) is 20.3 Å². The van der Waals surface area contributed by atoms with Crippen molar-refractivity contribution in [1.82, 2.24) is 4.90 Å². The Morgan fingerprint density at radius 3 is 2.52 bits per heavy atom. The van der Waals surface area contributed by atoms with E-state index in [-0.39, 0.29) is 17.8 Å². The number of halogens is 2. The van der Waals surface area contributed by atoms with E-state index >= 15 is 0 Å². The Labute approximate surface area is 129 Å². The third kappa shape index (κ3) is 4.38. The second-order valence-electron chi connectivity index (χ2n) is 4.98. The summed E-state index contributed by atoms with van der Waals surface area (Å²) >= 11 is 6.10. The van der Waals surface area contributed by atoms with Crippen molar-refractivity contribution in [3.05, 3.63) is 70.5 Å². The van der Waals surface area contributed by atoms with Crippen LogP contribution in [-0.4, -0.2) is 24.3 Å². The van der Waals surface area contributed by atoms with Gasteiger partial charge in [-0.1, -0.05) is 41.9 Å². The summed E-state index contributed by atoms with van der Waals surface area (Å²) in [5, 5.41) is 0.713. The quantitative estimate of drug-likeness (QED) is 0.746. The van der Waals surface area contributed by atoms with Gasteiger partial charge in [0.1, 0.15) is 5.82 Å². The Morgan fingerprint density at radius 1 is 1.14 bits per heavy atom. The molecular formula is C17H17ClFNO. The average Bonchev–Trinajstić information content (AvgIpc) is 2.48. The van der Waals surface area contributed by atoms with E-state index in [2.05, 4.69) is 0 Å². The van der Waals surface area contributed by atoms with Crippen LogP contribution in [0, 0.1) is 5.82 Å². The van der Waals surface area contributed by atoms with Gasteiger partial charge in [0.2, 0.25) is 0 Å². The minimum absolute atomic E-state index is 0.156. The number of hydrogen-bond donors (Lipinski definition) is 0. The highest BCUT2D eigenvalue weighted by atomic mass is 35.5. The highest BCUT2D eigenvalue weighted by Crippen LogP contribution is 2.17. The van der Waals surface area contributed by atoms with Gasteiger partial charge in [0.05, 0.1) is 5.56 Å². The van der Waals surface area contributed by atoms with Crippen molar-refractivity contribution in [2.75, 3.05) is 13.6 Å². The van der Waals surface area contributed by atoms with Gasteiger partial charge in [-0.15, -0.1) is 0 Å². The van der Waals surface area contributed by atoms with Crippen LogP contribution in [0.25, 0.3) is 0 Å². The molecule has 0 saturated carbocycles. The molecule has 2 aromatic rings. The highest BCUT2D eigenvalue weighted by molar-refractivity contribution is 6.31. The lowest BCUT2D eigenvalue weighted by Gasteiger charge is -2.17. The van der Waals surface area contributed by atoms with Gasteiger partial charge in [-0.3, -0.25) is 4.79 Å². The number of hydrogen-bond acceptors (Lipinski definition) is 2. The Hall–Kier alpha value is -1.71. The summed E-state index contributed by atoms with van der Waals surface area (Å²) < 4.78 is 13.5. The standard InChI is InChI=1S/C17H17ClFNO/c1-20(12-13-6-2-4-8-15(13)18)11-10-17(21)14-7-3-5-9-16(14)19/h2-9H,10-12H2,1H3. The molecule has 0 bridgehead atoms. The van der Waals surface area contributed by atoms with Crippen molar-refractivity contribution >= 4 is 17.4 Å². The van der Waals surface area contributed by atoms with Crippen molar-refractivity contribution in [2.24, 2.45) is 0 Å². The summed E-state index contributed by atoms with van der Waals surface area (Å²) in [6.07, 6.45) is 0.280. The lowest BCUT2D eigenvalue weighted by molar-refractivity contribution is 0.0964. The summed E-state index contributed by atoms with van der Waals surface area (Å²) in [7, 11) is 1.91. The normalized spacial score (nSPS) is 10.9. The van der Waals surface area contributed by atoms with E-state index in [0.29, 0.717) is 18.1 Å². The van der Waals surface area contributed by atoms with Crippen LogP contribution in [0.15, 0.2) is 48.5 Å². The number of carbonyl (C=O) groups excluding carboxylic acids is 1. The maximum absolute atomic E-state index is 13.5. The number of benzene rings is 2. The summed E-state index contributed by atoms with van der Waals surface area (Å²) in [5.41, 5.74) is 1.17. The Bertz CT molecular complexity index is 630. The largest absolute Gasteiger partial charge is 0.302 e. The minimum atomic E-state index is -0.462. The van der Waals surface area contributed by atoms with Crippen LogP contribution in [0.4, 0.5) is 4.39 Å². The molecule has 110 valence electrons. The molecule has 0 aliphatic rings. The number of rotatable bonds is 6. The second kappa shape index (κ2) is 7.34. The van der Waals surface area contributed by atoms with E-state index < -0.39 is 5.82 Å². The molecule has 4 heteroatoms. The van der Waals surface area contributed by atoms with Gasteiger partial charge in [0.15, 0.2) is 5.78 Å². The Balaban J connectivity index is 1.90. The van der Waals surface area contributed by atoms with Crippen LogP contribution in [0.1, 0.15) is 22.3 Å². The Morgan fingerprint density at radius 2 is 1.81 bits per heavy atom. The van der Waals surface area contributed by atoms with Crippen LogP contribution < -0.4 is 0 Å². The average molecular weight is 306 g/mol. The van der Waals surface area contributed by atoms with Crippen LogP contribution in [-0.2, 0) is 6.54 Å². The maximum atomic E-state index is 13.5. The van der Waals surface area contributed by atoms with Crippen LogP contribution in [0.3, 0.4) is 0 Å². The fourth-order valence-electron chi connectivity index (χ4n) is 2.11. The van der Waals surface area contributed by atoms with E-state index in [1.807, 2.05) is 36.2 Å². The zero-order valence-corrected chi connectivity index (χ0v) is 12.6.